The number of aliphatic hydroxyl groups is 1. The van der Waals surface area contributed by atoms with Gasteiger partial charge in [0.1, 0.15) is 17.4 Å². The fraction of sp³-hybridized carbons (Fsp3) is 0.171. The van der Waals surface area contributed by atoms with Gasteiger partial charge in [-0.3, -0.25) is 14.6 Å². The molecule has 214 valence electrons. The summed E-state index contributed by atoms with van der Waals surface area (Å²) in [4.78, 5) is 36.0. The summed E-state index contributed by atoms with van der Waals surface area (Å²) in [7, 11) is 0. The minimum Gasteiger partial charge on any atom is -0.478 e. The first-order valence-electron chi connectivity index (χ1n) is 14.2. The molecule has 0 bridgehead atoms. The van der Waals surface area contributed by atoms with Gasteiger partial charge in [0.2, 0.25) is 0 Å². The van der Waals surface area contributed by atoms with Crippen LogP contribution in [0.15, 0.2) is 103 Å². The number of hydrogen-bond acceptors (Lipinski definition) is 5. The number of halogens is 1. The van der Waals surface area contributed by atoms with Crippen LogP contribution in [0, 0.1) is 5.82 Å². The van der Waals surface area contributed by atoms with E-state index in [0.29, 0.717) is 33.3 Å². The number of aromatic nitrogens is 1. The molecular weight excluding hydrogens is 545 g/mol. The van der Waals surface area contributed by atoms with E-state index in [1.54, 1.807) is 34.2 Å². The fourth-order valence-corrected chi connectivity index (χ4v) is 5.91. The molecule has 0 atom stereocenters. The second kappa shape index (κ2) is 11.0. The van der Waals surface area contributed by atoms with Gasteiger partial charge < -0.3 is 19.6 Å². The van der Waals surface area contributed by atoms with Crippen LogP contribution >= 0.6 is 0 Å². The molecular formula is C35H28FN3O4. The smallest absolute Gasteiger partial charge is 0.258 e. The molecule has 7 rings (SSSR count). The zero-order valence-corrected chi connectivity index (χ0v) is 23.2. The number of carbonyl (C=O) groups is 2. The Labute approximate surface area is 247 Å². The molecule has 2 amide bonds. The molecule has 1 fully saturated rings. The fourth-order valence-electron chi connectivity index (χ4n) is 5.91. The van der Waals surface area contributed by atoms with Gasteiger partial charge >= 0.3 is 0 Å². The number of hydrogen-bond donors (Lipinski definition) is 1. The van der Waals surface area contributed by atoms with Gasteiger partial charge in [0.15, 0.2) is 5.75 Å². The molecule has 2 aliphatic heterocycles. The van der Waals surface area contributed by atoms with Crippen LogP contribution in [0.2, 0.25) is 0 Å². The van der Waals surface area contributed by atoms with Crippen molar-refractivity contribution < 1.29 is 23.8 Å². The summed E-state index contributed by atoms with van der Waals surface area (Å²) in [5.41, 5.74) is 4.23. The van der Waals surface area contributed by atoms with Crippen LogP contribution in [-0.2, 0) is 13.1 Å². The molecule has 0 aliphatic carbocycles. The summed E-state index contributed by atoms with van der Waals surface area (Å²) in [6.45, 7) is 0.856. The van der Waals surface area contributed by atoms with Crippen molar-refractivity contribution in [3.63, 3.8) is 0 Å². The molecule has 5 aromatic rings. The van der Waals surface area contributed by atoms with Crippen LogP contribution in [-0.4, -0.2) is 50.9 Å². The number of fused-ring (bicyclic) bond motifs is 2. The van der Waals surface area contributed by atoms with Crippen molar-refractivity contribution in [2.75, 3.05) is 13.1 Å². The van der Waals surface area contributed by atoms with Gasteiger partial charge in [-0.25, -0.2) is 4.39 Å². The molecule has 8 heteroatoms. The Kier molecular flexibility index (Phi) is 6.83. The van der Waals surface area contributed by atoms with Crippen LogP contribution in [0.5, 0.6) is 5.75 Å². The normalized spacial score (nSPS) is 14.7. The molecule has 43 heavy (non-hydrogen) atoms. The maximum Gasteiger partial charge on any atom is 0.258 e. The van der Waals surface area contributed by atoms with Crippen molar-refractivity contribution in [1.82, 2.24) is 14.8 Å². The monoisotopic (exact) mass is 573 g/mol. The van der Waals surface area contributed by atoms with Crippen molar-refractivity contribution in [2.24, 2.45) is 0 Å². The second-order valence-electron chi connectivity index (χ2n) is 10.9. The number of ether oxygens (including phenoxy) is 1. The third kappa shape index (κ3) is 4.89. The van der Waals surface area contributed by atoms with E-state index in [4.69, 9.17) is 4.74 Å². The number of carbonyl (C=O) groups excluding carboxylic acids is 2. The van der Waals surface area contributed by atoms with Crippen LogP contribution in [0.25, 0.3) is 10.9 Å². The summed E-state index contributed by atoms with van der Waals surface area (Å²) < 4.78 is 20.5. The highest BCUT2D eigenvalue weighted by Crippen LogP contribution is 2.44. The molecule has 1 N–H and O–H groups in total. The zero-order chi connectivity index (χ0) is 29.5. The third-order valence-electron chi connectivity index (χ3n) is 8.06. The Morgan fingerprint density at radius 3 is 2.21 bits per heavy atom. The zero-order valence-electron chi connectivity index (χ0n) is 23.2. The first-order chi connectivity index (χ1) is 21.0. The second-order valence-corrected chi connectivity index (χ2v) is 10.9. The van der Waals surface area contributed by atoms with Crippen molar-refractivity contribution >= 4 is 22.7 Å². The molecule has 2 aliphatic rings. The van der Waals surface area contributed by atoms with E-state index in [2.05, 4.69) is 4.98 Å². The lowest BCUT2D eigenvalue weighted by atomic mass is 9.94. The quantitative estimate of drug-likeness (QED) is 0.278. The summed E-state index contributed by atoms with van der Waals surface area (Å²) in [5.74, 6) is -0.593. The Morgan fingerprint density at radius 1 is 0.930 bits per heavy atom. The van der Waals surface area contributed by atoms with Gasteiger partial charge in [-0.15, -0.1) is 0 Å². The minimum absolute atomic E-state index is 0.172. The highest BCUT2D eigenvalue weighted by atomic mass is 19.1. The van der Waals surface area contributed by atoms with E-state index >= 15 is 0 Å². The maximum atomic E-state index is 14.2. The van der Waals surface area contributed by atoms with E-state index in [1.165, 1.54) is 12.1 Å². The summed E-state index contributed by atoms with van der Waals surface area (Å²) in [6, 6.07) is 29.1. The number of amides is 2. The van der Waals surface area contributed by atoms with Gasteiger partial charge in [0.05, 0.1) is 17.2 Å². The number of rotatable bonds is 7. The number of likely N-dealkylation sites (tertiary alicyclic amines) is 1. The molecule has 4 aromatic carbocycles. The van der Waals surface area contributed by atoms with Gasteiger partial charge in [0, 0.05) is 43.3 Å². The van der Waals surface area contributed by atoms with Crippen molar-refractivity contribution in [2.45, 2.75) is 25.3 Å². The number of pyridine rings is 1. The van der Waals surface area contributed by atoms with Gasteiger partial charge in [-0.05, 0) is 34.9 Å². The first kappa shape index (κ1) is 26.8. The van der Waals surface area contributed by atoms with Crippen molar-refractivity contribution in [3.05, 3.63) is 142 Å². The average molecular weight is 574 g/mol. The molecule has 1 saturated heterocycles. The Balaban J connectivity index is 1.40. The highest BCUT2D eigenvalue weighted by Gasteiger charge is 2.40. The van der Waals surface area contributed by atoms with E-state index in [9.17, 15) is 19.1 Å². The molecule has 0 radical (unpaired) electrons. The molecule has 7 nitrogen and oxygen atoms in total. The Morgan fingerprint density at radius 2 is 1.58 bits per heavy atom. The topological polar surface area (TPSA) is 83.0 Å². The van der Waals surface area contributed by atoms with E-state index < -0.39 is 12.2 Å². The number of nitrogens with zero attached hydrogens (tertiary/aromatic N) is 3. The number of β-amino-alcohol motifs (C(OH)–C–C–N with tert-alkyl or cyclic N) is 1. The third-order valence-corrected chi connectivity index (χ3v) is 8.06. The summed E-state index contributed by atoms with van der Waals surface area (Å²) in [5, 5.41) is 10.5. The summed E-state index contributed by atoms with van der Waals surface area (Å²) in [6.07, 6.45) is 0.500. The van der Waals surface area contributed by atoms with Crippen LogP contribution < -0.4 is 4.74 Å². The number of aliphatic hydroxyl groups excluding tert-OH is 1. The van der Waals surface area contributed by atoms with E-state index in [-0.39, 0.29) is 43.8 Å². The predicted octanol–water partition coefficient (Wildman–Crippen LogP) is 5.52. The molecule has 3 heterocycles. The first-order valence-corrected chi connectivity index (χ1v) is 14.2. The van der Waals surface area contributed by atoms with Crippen LogP contribution in [0.4, 0.5) is 4.39 Å². The van der Waals surface area contributed by atoms with Gasteiger partial charge in [-0.2, -0.15) is 0 Å². The lowest BCUT2D eigenvalue weighted by molar-refractivity contribution is 0.00593. The van der Waals surface area contributed by atoms with Crippen molar-refractivity contribution in [3.8, 4) is 5.75 Å². The molecule has 0 spiro atoms. The van der Waals surface area contributed by atoms with Gasteiger partial charge in [0.25, 0.3) is 11.8 Å². The maximum absolute atomic E-state index is 14.2. The van der Waals surface area contributed by atoms with Crippen LogP contribution in [0.3, 0.4) is 0 Å². The van der Waals surface area contributed by atoms with Gasteiger partial charge in [-0.1, -0.05) is 78.9 Å². The molecule has 0 unspecified atom stereocenters. The highest BCUT2D eigenvalue weighted by molar-refractivity contribution is 6.16. The summed E-state index contributed by atoms with van der Waals surface area (Å²) >= 11 is 0. The Hall–Kier alpha value is -5.08. The standard InChI is InChI=1S/C35H28FN3O4/c36-25-15-13-22(14-16-25)18-38-21-28-29(34(41)39-19-26(40)20-39)27-12-7-17-37-31(27)33(30(28)35(38)42)43-32(23-8-3-1-4-9-23)24-10-5-2-6-11-24/h1-17,26,32,40H,18-21H2. The van der Waals surface area contributed by atoms with Crippen molar-refractivity contribution in [1.29, 1.82) is 0 Å². The average Bonchev–Trinajstić information content (AvgIpc) is 3.34. The largest absolute Gasteiger partial charge is 0.478 e. The van der Waals surface area contributed by atoms with E-state index in [1.807, 2.05) is 66.7 Å². The molecule has 0 saturated carbocycles. The lowest BCUT2D eigenvalue weighted by Gasteiger charge is -2.36. The van der Waals surface area contributed by atoms with E-state index in [0.717, 1.165) is 16.7 Å². The number of benzene rings is 4. The Bertz CT molecular complexity index is 1780. The predicted molar refractivity (Wildman–Crippen MR) is 159 cm³/mol. The minimum atomic E-state index is -0.571. The van der Waals surface area contributed by atoms with Crippen LogP contribution in [0.1, 0.15) is 49.1 Å². The SMILES string of the molecule is O=C1c2c(c(C(=O)N3CC(O)C3)c3cccnc3c2OC(c2ccccc2)c2ccccc2)CN1Cc1ccc(F)cc1. The lowest BCUT2D eigenvalue weighted by Crippen LogP contribution is -2.53. The molecule has 1 aromatic heterocycles.